The first kappa shape index (κ1) is 18.4. The van der Waals surface area contributed by atoms with E-state index >= 15 is 0 Å². The van der Waals surface area contributed by atoms with Gasteiger partial charge in [-0.2, -0.15) is 0 Å². The van der Waals surface area contributed by atoms with Crippen LogP contribution in [0.2, 0.25) is 0 Å². The molecular formula is C20H17FN6O2. The van der Waals surface area contributed by atoms with E-state index in [1.54, 1.807) is 18.2 Å². The van der Waals surface area contributed by atoms with Crippen LogP contribution in [0.3, 0.4) is 0 Å². The number of primary amides is 1. The molecule has 2 aromatic carbocycles. The minimum atomic E-state index is -0.828. The molecule has 0 aliphatic heterocycles. The van der Waals surface area contributed by atoms with Crippen molar-refractivity contribution in [2.75, 3.05) is 19.0 Å². The summed E-state index contributed by atoms with van der Waals surface area (Å²) in [6.45, 7) is 0. The number of nitrogens with one attached hydrogen (secondary N) is 1. The van der Waals surface area contributed by atoms with Crippen LogP contribution >= 0.6 is 0 Å². The second-order valence-electron chi connectivity index (χ2n) is 6.62. The molecule has 4 rings (SSSR count). The molecule has 0 unspecified atom stereocenters. The molecule has 0 fully saturated rings. The zero-order valence-electron chi connectivity index (χ0n) is 15.7. The predicted molar refractivity (Wildman–Crippen MR) is 108 cm³/mol. The number of hydrogen-bond acceptors (Lipinski definition) is 5. The molecule has 0 radical (unpaired) electrons. The van der Waals surface area contributed by atoms with Crippen molar-refractivity contribution >= 4 is 22.8 Å². The third-order valence-corrected chi connectivity index (χ3v) is 4.51. The minimum absolute atomic E-state index is 0.00627. The van der Waals surface area contributed by atoms with E-state index in [2.05, 4.69) is 15.0 Å². The number of fused-ring (bicyclic) bond motifs is 1. The van der Waals surface area contributed by atoms with Crippen LogP contribution in [0.5, 0.6) is 0 Å². The molecule has 9 heteroatoms. The van der Waals surface area contributed by atoms with Gasteiger partial charge in [-0.25, -0.2) is 23.7 Å². The maximum absolute atomic E-state index is 14.4. The summed E-state index contributed by atoms with van der Waals surface area (Å²) < 4.78 is 15.4. The number of aromatic amines is 1. The number of nitrogens with two attached hydrogens (primary N) is 1. The number of rotatable bonds is 4. The fourth-order valence-electron chi connectivity index (χ4n) is 3.06. The van der Waals surface area contributed by atoms with Crippen molar-refractivity contribution in [3.05, 3.63) is 70.5 Å². The lowest BCUT2D eigenvalue weighted by Crippen LogP contribution is -2.16. The Hall–Kier alpha value is -4.01. The highest BCUT2D eigenvalue weighted by molar-refractivity contribution is 6.02. The van der Waals surface area contributed by atoms with Gasteiger partial charge in [-0.05, 0) is 36.4 Å². The lowest BCUT2D eigenvalue weighted by atomic mass is 10.2. The summed E-state index contributed by atoms with van der Waals surface area (Å²) in [4.78, 5) is 37.7. The van der Waals surface area contributed by atoms with Gasteiger partial charge in [-0.1, -0.05) is 12.1 Å². The van der Waals surface area contributed by atoms with E-state index in [0.29, 0.717) is 5.56 Å². The summed E-state index contributed by atoms with van der Waals surface area (Å²) in [5, 5.41) is 0. The van der Waals surface area contributed by atoms with Crippen LogP contribution in [0.1, 0.15) is 10.5 Å². The average Bonchev–Trinajstić information content (AvgIpc) is 3.03. The summed E-state index contributed by atoms with van der Waals surface area (Å²) in [6, 6.07) is 13.1. The van der Waals surface area contributed by atoms with Gasteiger partial charge in [0.05, 0.1) is 5.69 Å². The molecule has 29 heavy (non-hydrogen) atoms. The van der Waals surface area contributed by atoms with Crippen molar-refractivity contribution < 1.29 is 9.18 Å². The van der Waals surface area contributed by atoms with Crippen molar-refractivity contribution in [3.8, 4) is 17.1 Å². The summed E-state index contributed by atoms with van der Waals surface area (Å²) in [5.41, 5.74) is 6.40. The lowest BCUT2D eigenvalue weighted by Gasteiger charge is -2.12. The summed E-state index contributed by atoms with van der Waals surface area (Å²) in [6.07, 6.45) is 0. The van der Waals surface area contributed by atoms with Crippen LogP contribution in [0.25, 0.3) is 28.2 Å². The van der Waals surface area contributed by atoms with Gasteiger partial charge >= 0.3 is 5.69 Å². The van der Waals surface area contributed by atoms with Gasteiger partial charge in [-0.3, -0.25) is 4.79 Å². The number of amides is 1. The highest BCUT2D eigenvalue weighted by Crippen LogP contribution is 2.24. The molecule has 2 heterocycles. The summed E-state index contributed by atoms with van der Waals surface area (Å²) in [7, 11) is 3.82. The van der Waals surface area contributed by atoms with E-state index in [0.717, 1.165) is 10.3 Å². The largest absolute Gasteiger partial charge is 0.378 e. The fraction of sp³-hybridized carbons (Fsp3) is 0.100. The number of halogens is 1. The van der Waals surface area contributed by atoms with Gasteiger partial charge in [-0.15, -0.1) is 0 Å². The van der Waals surface area contributed by atoms with E-state index < -0.39 is 17.4 Å². The van der Waals surface area contributed by atoms with E-state index in [4.69, 9.17) is 5.73 Å². The quantitative estimate of drug-likeness (QED) is 0.553. The van der Waals surface area contributed by atoms with E-state index in [1.807, 2.05) is 31.1 Å². The molecule has 0 aliphatic carbocycles. The zero-order chi connectivity index (χ0) is 20.7. The number of benzene rings is 2. The van der Waals surface area contributed by atoms with E-state index in [9.17, 15) is 14.0 Å². The highest BCUT2D eigenvalue weighted by Gasteiger charge is 2.21. The zero-order valence-corrected chi connectivity index (χ0v) is 15.7. The third-order valence-electron chi connectivity index (χ3n) is 4.51. The van der Waals surface area contributed by atoms with Crippen LogP contribution in [-0.4, -0.2) is 39.5 Å². The number of H-pyrrole nitrogens is 1. The van der Waals surface area contributed by atoms with Gasteiger partial charge in [0.15, 0.2) is 17.2 Å². The Morgan fingerprint density at radius 3 is 2.41 bits per heavy atom. The van der Waals surface area contributed by atoms with Crippen LogP contribution < -0.4 is 16.3 Å². The molecule has 1 amide bonds. The molecule has 4 aromatic rings. The Balaban J connectivity index is 2.01. The molecule has 0 saturated heterocycles. The maximum atomic E-state index is 14.4. The molecule has 0 atom stereocenters. The number of carbonyl (C=O) groups excluding carboxylic acids is 1. The Kier molecular flexibility index (Phi) is 4.34. The monoisotopic (exact) mass is 392 g/mol. The second kappa shape index (κ2) is 6.86. The number of aromatic nitrogens is 4. The van der Waals surface area contributed by atoms with Crippen molar-refractivity contribution in [1.82, 2.24) is 19.5 Å². The Bertz CT molecular complexity index is 1290. The number of nitrogens with zero attached hydrogens (tertiary/aromatic N) is 4. The van der Waals surface area contributed by atoms with E-state index in [-0.39, 0.29) is 28.4 Å². The van der Waals surface area contributed by atoms with Gasteiger partial charge < -0.3 is 15.6 Å². The number of hydrogen-bond donors (Lipinski definition) is 2. The average molecular weight is 392 g/mol. The smallest absolute Gasteiger partial charge is 0.332 e. The maximum Gasteiger partial charge on any atom is 0.332 e. The molecule has 2 aromatic heterocycles. The first-order chi connectivity index (χ1) is 13.9. The summed E-state index contributed by atoms with van der Waals surface area (Å²) in [5.74, 6) is -1.24. The molecule has 0 aliphatic rings. The van der Waals surface area contributed by atoms with Crippen LogP contribution in [0, 0.1) is 5.82 Å². The van der Waals surface area contributed by atoms with Gasteiger partial charge in [0.1, 0.15) is 11.3 Å². The second-order valence-corrected chi connectivity index (χ2v) is 6.62. The first-order valence-corrected chi connectivity index (χ1v) is 8.72. The number of para-hydroxylation sites is 1. The normalized spacial score (nSPS) is 11.0. The predicted octanol–water partition coefficient (Wildman–Crippen LogP) is 2.08. The SMILES string of the molecule is CN(C)c1ccc(-c2nc(C(N)=O)c3[nH]c(=O)n(-c4ccccc4F)c3n2)cc1. The first-order valence-electron chi connectivity index (χ1n) is 8.72. The van der Waals surface area contributed by atoms with Gasteiger partial charge in [0.25, 0.3) is 5.91 Å². The van der Waals surface area contributed by atoms with Crippen LogP contribution in [-0.2, 0) is 0 Å². The summed E-state index contributed by atoms with van der Waals surface area (Å²) >= 11 is 0. The molecule has 3 N–H and O–H groups in total. The van der Waals surface area contributed by atoms with Crippen molar-refractivity contribution in [3.63, 3.8) is 0 Å². The van der Waals surface area contributed by atoms with Crippen LogP contribution in [0.15, 0.2) is 53.3 Å². The molecule has 0 bridgehead atoms. The molecule has 0 spiro atoms. The number of carbonyl (C=O) groups is 1. The van der Waals surface area contributed by atoms with Gasteiger partial charge in [0, 0.05) is 25.3 Å². The Morgan fingerprint density at radius 2 is 1.79 bits per heavy atom. The standard InChI is InChI=1S/C20H17FN6O2/c1-26(2)12-9-7-11(8-10-12)18-23-15(17(22)28)16-19(25-18)27(20(29)24-16)14-6-4-3-5-13(14)21/h3-10H,1-2H3,(H2,22,28)(H,24,29). The van der Waals surface area contributed by atoms with Crippen LogP contribution in [0.4, 0.5) is 10.1 Å². The Labute approximate surface area is 164 Å². The lowest BCUT2D eigenvalue weighted by molar-refractivity contribution is 0.0997. The highest BCUT2D eigenvalue weighted by atomic mass is 19.1. The Morgan fingerprint density at radius 1 is 1.10 bits per heavy atom. The number of anilines is 1. The van der Waals surface area contributed by atoms with Crippen molar-refractivity contribution in [2.24, 2.45) is 5.73 Å². The third kappa shape index (κ3) is 3.12. The number of imidazole rings is 1. The van der Waals surface area contributed by atoms with Crippen molar-refractivity contribution in [1.29, 1.82) is 0 Å². The van der Waals surface area contributed by atoms with E-state index in [1.165, 1.54) is 18.2 Å². The molecule has 146 valence electrons. The molecule has 8 nitrogen and oxygen atoms in total. The van der Waals surface area contributed by atoms with Crippen molar-refractivity contribution in [2.45, 2.75) is 0 Å². The fourth-order valence-corrected chi connectivity index (χ4v) is 3.06. The molecular weight excluding hydrogens is 375 g/mol. The topological polar surface area (TPSA) is 110 Å². The van der Waals surface area contributed by atoms with Gasteiger partial charge in [0.2, 0.25) is 0 Å². The molecule has 0 saturated carbocycles. The minimum Gasteiger partial charge on any atom is -0.378 e.